The fraction of sp³-hybridized carbons (Fsp3) is 0.400. The van der Waals surface area contributed by atoms with Crippen molar-refractivity contribution < 1.29 is 24.6 Å². The number of nitrogens with one attached hydrogen (secondary N) is 1. The van der Waals surface area contributed by atoms with E-state index in [-0.39, 0.29) is 29.1 Å². The van der Waals surface area contributed by atoms with Crippen LogP contribution in [0.2, 0.25) is 0 Å². The summed E-state index contributed by atoms with van der Waals surface area (Å²) < 4.78 is 0. The van der Waals surface area contributed by atoms with Gasteiger partial charge in [0.15, 0.2) is 0 Å². The first-order valence-corrected chi connectivity index (χ1v) is 6.86. The summed E-state index contributed by atoms with van der Waals surface area (Å²) in [6.45, 7) is 2.07. The van der Waals surface area contributed by atoms with Gasteiger partial charge in [-0.2, -0.15) is 0 Å². The van der Waals surface area contributed by atoms with Crippen LogP contribution in [-0.2, 0) is 4.79 Å². The minimum Gasteiger partial charge on any atom is -0.478 e. The SMILES string of the molecule is CCCCCCC(=O)Nc1cc(C(=O)O)ccc1C(=O)O. The lowest BCUT2D eigenvalue weighted by molar-refractivity contribution is -0.116. The van der Waals surface area contributed by atoms with Crippen molar-refractivity contribution in [2.45, 2.75) is 39.0 Å². The van der Waals surface area contributed by atoms with Gasteiger partial charge in [0.25, 0.3) is 0 Å². The Labute approximate surface area is 122 Å². The van der Waals surface area contributed by atoms with Crippen molar-refractivity contribution in [3.63, 3.8) is 0 Å². The van der Waals surface area contributed by atoms with E-state index in [1.165, 1.54) is 12.1 Å². The first-order valence-electron chi connectivity index (χ1n) is 6.86. The Morgan fingerprint density at radius 2 is 1.76 bits per heavy atom. The number of hydrogen-bond donors (Lipinski definition) is 3. The van der Waals surface area contributed by atoms with Crippen molar-refractivity contribution in [1.29, 1.82) is 0 Å². The number of carboxylic acids is 2. The second kappa shape index (κ2) is 8.04. The molecule has 6 nitrogen and oxygen atoms in total. The maximum absolute atomic E-state index is 11.8. The molecule has 0 atom stereocenters. The molecular weight excluding hydrogens is 274 g/mol. The van der Waals surface area contributed by atoms with Crippen LogP contribution < -0.4 is 5.32 Å². The van der Waals surface area contributed by atoms with Crippen LogP contribution in [0.25, 0.3) is 0 Å². The van der Waals surface area contributed by atoms with Crippen LogP contribution in [-0.4, -0.2) is 28.1 Å². The molecule has 3 N–H and O–H groups in total. The molecule has 0 spiro atoms. The average molecular weight is 293 g/mol. The number of carbonyl (C=O) groups excluding carboxylic acids is 1. The predicted molar refractivity (Wildman–Crippen MR) is 77.7 cm³/mol. The Kier molecular flexibility index (Phi) is 6.39. The maximum Gasteiger partial charge on any atom is 0.337 e. The molecule has 0 aliphatic rings. The van der Waals surface area contributed by atoms with Crippen molar-refractivity contribution in [3.8, 4) is 0 Å². The fourth-order valence-electron chi connectivity index (χ4n) is 1.89. The van der Waals surface area contributed by atoms with E-state index in [4.69, 9.17) is 10.2 Å². The molecule has 0 radical (unpaired) electrons. The third-order valence-electron chi connectivity index (χ3n) is 3.03. The number of amides is 1. The quantitative estimate of drug-likeness (QED) is 0.639. The Balaban J connectivity index is 2.79. The monoisotopic (exact) mass is 293 g/mol. The number of hydrogen-bond acceptors (Lipinski definition) is 3. The first kappa shape index (κ1) is 16.7. The highest BCUT2D eigenvalue weighted by Crippen LogP contribution is 2.19. The van der Waals surface area contributed by atoms with Gasteiger partial charge in [-0.15, -0.1) is 0 Å². The summed E-state index contributed by atoms with van der Waals surface area (Å²) in [6, 6.07) is 3.54. The lowest BCUT2D eigenvalue weighted by Gasteiger charge is -2.09. The van der Waals surface area contributed by atoms with E-state index in [1.54, 1.807) is 0 Å². The molecule has 1 aromatic carbocycles. The summed E-state index contributed by atoms with van der Waals surface area (Å²) in [4.78, 5) is 33.8. The smallest absolute Gasteiger partial charge is 0.337 e. The number of anilines is 1. The van der Waals surface area contributed by atoms with E-state index in [0.29, 0.717) is 0 Å². The number of rotatable bonds is 8. The van der Waals surface area contributed by atoms with E-state index in [1.807, 2.05) is 0 Å². The van der Waals surface area contributed by atoms with Crippen molar-refractivity contribution in [2.75, 3.05) is 5.32 Å². The standard InChI is InChI=1S/C15H19NO5/c1-2-3-4-5-6-13(17)16-12-9-10(14(18)19)7-8-11(12)15(20)21/h7-9H,2-6H2,1H3,(H,16,17)(H,18,19)(H,20,21). The molecule has 114 valence electrons. The number of aromatic carboxylic acids is 2. The highest BCUT2D eigenvalue weighted by Gasteiger charge is 2.15. The minimum absolute atomic E-state index is 0.0166. The number of carbonyl (C=O) groups is 3. The summed E-state index contributed by atoms with van der Waals surface area (Å²) >= 11 is 0. The van der Waals surface area contributed by atoms with Crippen molar-refractivity contribution in [1.82, 2.24) is 0 Å². The lowest BCUT2D eigenvalue weighted by atomic mass is 10.1. The molecule has 6 heteroatoms. The van der Waals surface area contributed by atoms with Crippen LogP contribution >= 0.6 is 0 Å². The molecule has 1 amide bonds. The third kappa shape index (κ3) is 5.25. The summed E-state index contributed by atoms with van der Waals surface area (Å²) in [6.07, 6.45) is 4.05. The van der Waals surface area contributed by atoms with E-state index in [9.17, 15) is 14.4 Å². The predicted octanol–water partition coefficient (Wildman–Crippen LogP) is 2.99. The largest absolute Gasteiger partial charge is 0.478 e. The minimum atomic E-state index is -1.21. The molecule has 0 heterocycles. The summed E-state index contributed by atoms with van der Waals surface area (Å²) in [5, 5.41) is 20.4. The van der Waals surface area contributed by atoms with Gasteiger partial charge < -0.3 is 15.5 Å². The van der Waals surface area contributed by atoms with Crippen molar-refractivity contribution in [3.05, 3.63) is 29.3 Å². The van der Waals surface area contributed by atoms with Crippen molar-refractivity contribution >= 4 is 23.5 Å². The molecular formula is C15H19NO5. The second-order valence-electron chi connectivity index (χ2n) is 4.73. The van der Waals surface area contributed by atoms with Gasteiger partial charge >= 0.3 is 11.9 Å². The summed E-state index contributed by atoms with van der Waals surface area (Å²) in [5.41, 5.74) is -0.175. The van der Waals surface area contributed by atoms with E-state index < -0.39 is 11.9 Å². The number of benzene rings is 1. The maximum atomic E-state index is 11.8. The van der Waals surface area contributed by atoms with Gasteiger partial charge in [0.2, 0.25) is 5.91 Å². The van der Waals surface area contributed by atoms with Crippen molar-refractivity contribution in [2.24, 2.45) is 0 Å². The van der Waals surface area contributed by atoms with E-state index in [2.05, 4.69) is 12.2 Å². The summed E-state index contributed by atoms with van der Waals surface area (Å²) in [5.74, 6) is -2.70. The van der Waals surface area contributed by atoms with Gasteiger partial charge in [0.1, 0.15) is 0 Å². The zero-order valence-electron chi connectivity index (χ0n) is 11.9. The van der Waals surface area contributed by atoms with Gasteiger partial charge in [-0.25, -0.2) is 9.59 Å². The second-order valence-corrected chi connectivity index (χ2v) is 4.73. The molecule has 0 saturated heterocycles. The van der Waals surface area contributed by atoms with Gasteiger partial charge in [0, 0.05) is 6.42 Å². The highest BCUT2D eigenvalue weighted by atomic mass is 16.4. The molecule has 0 unspecified atom stereocenters. The van der Waals surface area contributed by atoms with Crippen LogP contribution in [0.5, 0.6) is 0 Å². The van der Waals surface area contributed by atoms with Gasteiger partial charge in [-0.05, 0) is 24.6 Å². The van der Waals surface area contributed by atoms with Crippen LogP contribution in [0.1, 0.15) is 59.7 Å². The highest BCUT2D eigenvalue weighted by molar-refractivity contribution is 6.02. The topological polar surface area (TPSA) is 104 Å². The van der Waals surface area contributed by atoms with Crippen LogP contribution in [0.4, 0.5) is 5.69 Å². The third-order valence-corrected chi connectivity index (χ3v) is 3.03. The van der Waals surface area contributed by atoms with Crippen LogP contribution in [0, 0.1) is 0 Å². The number of carboxylic acid groups (broad SMARTS) is 2. The van der Waals surface area contributed by atoms with E-state index in [0.717, 1.165) is 31.7 Å². The van der Waals surface area contributed by atoms with Gasteiger partial charge in [0.05, 0.1) is 16.8 Å². The Bertz CT molecular complexity index is 539. The molecule has 21 heavy (non-hydrogen) atoms. The average Bonchev–Trinajstić information content (AvgIpc) is 2.43. The zero-order chi connectivity index (χ0) is 15.8. The zero-order valence-corrected chi connectivity index (χ0v) is 11.9. The first-order chi connectivity index (χ1) is 9.95. The van der Waals surface area contributed by atoms with Gasteiger partial charge in [-0.1, -0.05) is 26.2 Å². The van der Waals surface area contributed by atoms with Crippen LogP contribution in [0.3, 0.4) is 0 Å². The van der Waals surface area contributed by atoms with E-state index >= 15 is 0 Å². The van der Waals surface area contributed by atoms with Crippen LogP contribution in [0.15, 0.2) is 18.2 Å². The Morgan fingerprint density at radius 1 is 1.05 bits per heavy atom. The Morgan fingerprint density at radius 3 is 2.33 bits per heavy atom. The lowest BCUT2D eigenvalue weighted by Crippen LogP contribution is -2.15. The normalized spacial score (nSPS) is 10.1. The number of unbranched alkanes of at least 4 members (excludes halogenated alkanes) is 3. The molecule has 0 aromatic heterocycles. The molecule has 0 aliphatic carbocycles. The molecule has 1 rings (SSSR count). The molecule has 0 saturated carbocycles. The molecule has 0 aliphatic heterocycles. The Hall–Kier alpha value is -2.37. The summed E-state index contributed by atoms with van der Waals surface area (Å²) in [7, 11) is 0. The molecule has 1 aromatic rings. The molecule has 0 bridgehead atoms. The fourth-order valence-corrected chi connectivity index (χ4v) is 1.89. The van der Waals surface area contributed by atoms with Gasteiger partial charge in [-0.3, -0.25) is 4.79 Å². The molecule has 0 fully saturated rings.